The molecule has 4 N–H and O–H groups in total. The Bertz CT molecular complexity index is 655. The largest absolute Gasteiger partial charge is 0.361 e. The molecule has 1 atom stereocenters. The van der Waals surface area contributed by atoms with Gasteiger partial charge in [-0.3, -0.25) is 4.79 Å². The van der Waals surface area contributed by atoms with Gasteiger partial charge in [-0.25, -0.2) is 0 Å². The summed E-state index contributed by atoms with van der Waals surface area (Å²) in [6.07, 6.45) is 6.54. The van der Waals surface area contributed by atoms with Crippen molar-refractivity contribution in [2.45, 2.75) is 26.3 Å². The van der Waals surface area contributed by atoms with Crippen LogP contribution in [0.2, 0.25) is 0 Å². The summed E-state index contributed by atoms with van der Waals surface area (Å²) in [6.45, 7) is 3.75. The van der Waals surface area contributed by atoms with E-state index >= 15 is 0 Å². The molecule has 0 bridgehead atoms. The van der Waals surface area contributed by atoms with Crippen molar-refractivity contribution in [1.82, 2.24) is 10.3 Å². The van der Waals surface area contributed by atoms with Crippen LogP contribution in [0.1, 0.15) is 19.4 Å². The molecule has 1 amide bonds. The number of carbonyl (C=O) groups is 1. The second-order valence-corrected chi connectivity index (χ2v) is 5.89. The minimum Gasteiger partial charge on any atom is -0.361 e. The normalized spacial score (nSPS) is 13.7. The van der Waals surface area contributed by atoms with Crippen LogP contribution in [0.5, 0.6) is 0 Å². The topological polar surface area (TPSA) is 70.9 Å². The van der Waals surface area contributed by atoms with E-state index in [1.54, 1.807) is 7.05 Å². The summed E-state index contributed by atoms with van der Waals surface area (Å²) in [6, 6.07) is 8.05. The Kier molecular flexibility index (Phi) is 4.48. The van der Waals surface area contributed by atoms with E-state index in [1.807, 2.05) is 44.3 Å². The van der Waals surface area contributed by atoms with Crippen LogP contribution in [0.15, 0.2) is 42.6 Å². The lowest BCUT2D eigenvalue weighted by Gasteiger charge is -2.18. The lowest BCUT2D eigenvalue weighted by Crippen LogP contribution is -2.33. The summed E-state index contributed by atoms with van der Waals surface area (Å²) >= 11 is 0. The third kappa shape index (κ3) is 3.52. The fourth-order valence-electron chi connectivity index (χ4n) is 2.38. The molecular formula is C17H23N3O. The van der Waals surface area contributed by atoms with Gasteiger partial charge in [-0.2, -0.15) is 0 Å². The molecule has 1 unspecified atom stereocenters. The standard InChI is InChI=1S/C17H23N3O/c1-17(2,16(21)19-3)9-8-13(18)10-12-11-20-15-7-5-4-6-14(12)15/h4-9,11,13,20H,10,18H2,1-3H3,(H,19,21)/b9-8+. The van der Waals surface area contributed by atoms with Gasteiger partial charge in [0.25, 0.3) is 0 Å². The Morgan fingerprint density at radius 1 is 1.43 bits per heavy atom. The molecule has 112 valence electrons. The number of nitrogens with one attached hydrogen (secondary N) is 2. The number of para-hydroxylation sites is 1. The number of nitrogens with two attached hydrogens (primary N) is 1. The summed E-state index contributed by atoms with van der Waals surface area (Å²) in [5.74, 6) is -0.0157. The zero-order chi connectivity index (χ0) is 15.5. The number of H-pyrrole nitrogens is 1. The molecule has 1 aromatic carbocycles. The second kappa shape index (κ2) is 6.14. The molecule has 2 rings (SSSR count). The highest BCUT2D eigenvalue weighted by Crippen LogP contribution is 2.20. The molecule has 0 aliphatic rings. The molecule has 4 heteroatoms. The monoisotopic (exact) mass is 285 g/mol. The summed E-state index contributed by atoms with van der Waals surface area (Å²) in [5, 5.41) is 3.86. The van der Waals surface area contributed by atoms with Crippen LogP contribution >= 0.6 is 0 Å². The molecule has 1 heterocycles. The van der Waals surface area contributed by atoms with Gasteiger partial charge in [-0.05, 0) is 31.9 Å². The van der Waals surface area contributed by atoms with Crippen molar-refractivity contribution >= 4 is 16.8 Å². The molecule has 0 aliphatic heterocycles. The van der Waals surface area contributed by atoms with Gasteiger partial charge >= 0.3 is 0 Å². The van der Waals surface area contributed by atoms with Crippen molar-refractivity contribution in [2.24, 2.45) is 11.1 Å². The molecule has 0 spiro atoms. The third-order valence-electron chi connectivity index (χ3n) is 3.70. The van der Waals surface area contributed by atoms with Crippen molar-refractivity contribution in [3.63, 3.8) is 0 Å². The van der Waals surface area contributed by atoms with Crippen LogP contribution in [0, 0.1) is 5.41 Å². The number of fused-ring (bicyclic) bond motifs is 1. The van der Waals surface area contributed by atoms with Gasteiger partial charge in [0.05, 0.1) is 5.41 Å². The Morgan fingerprint density at radius 2 is 2.14 bits per heavy atom. The summed E-state index contributed by atoms with van der Waals surface area (Å²) < 4.78 is 0. The first kappa shape index (κ1) is 15.3. The fourth-order valence-corrected chi connectivity index (χ4v) is 2.38. The van der Waals surface area contributed by atoms with Crippen molar-refractivity contribution in [1.29, 1.82) is 0 Å². The third-order valence-corrected chi connectivity index (χ3v) is 3.70. The highest BCUT2D eigenvalue weighted by atomic mass is 16.2. The maximum atomic E-state index is 11.7. The SMILES string of the molecule is CNC(=O)C(C)(C)/C=C/C(N)Cc1c[nH]c2ccccc12. The van der Waals surface area contributed by atoms with Crippen LogP contribution in [-0.2, 0) is 11.2 Å². The van der Waals surface area contributed by atoms with Gasteiger partial charge in [0.1, 0.15) is 0 Å². The molecule has 21 heavy (non-hydrogen) atoms. The number of benzene rings is 1. The van der Waals surface area contributed by atoms with Crippen LogP contribution in [0.3, 0.4) is 0 Å². The molecule has 0 radical (unpaired) electrons. The van der Waals surface area contributed by atoms with E-state index in [-0.39, 0.29) is 11.9 Å². The highest BCUT2D eigenvalue weighted by molar-refractivity contribution is 5.84. The number of carbonyl (C=O) groups excluding carboxylic acids is 1. The predicted molar refractivity (Wildman–Crippen MR) is 87.0 cm³/mol. The van der Waals surface area contributed by atoms with Gasteiger partial charge in [0, 0.05) is 30.2 Å². The van der Waals surface area contributed by atoms with E-state index in [2.05, 4.69) is 22.4 Å². The van der Waals surface area contributed by atoms with Gasteiger partial charge in [0.2, 0.25) is 5.91 Å². The number of hydrogen-bond acceptors (Lipinski definition) is 2. The van der Waals surface area contributed by atoms with Crippen molar-refractivity contribution in [2.75, 3.05) is 7.05 Å². The first-order chi connectivity index (χ1) is 9.94. The maximum Gasteiger partial charge on any atom is 0.229 e. The summed E-state index contributed by atoms with van der Waals surface area (Å²) in [5.41, 5.74) is 7.94. The molecule has 2 aromatic rings. The lowest BCUT2D eigenvalue weighted by molar-refractivity contribution is -0.126. The van der Waals surface area contributed by atoms with E-state index in [0.717, 1.165) is 11.9 Å². The summed E-state index contributed by atoms with van der Waals surface area (Å²) in [7, 11) is 1.64. The van der Waals surface area contributed by atoms with Crippen LogP contribution in [-0.4, -0.2) is 24.0 Å². The van der Waals surface area contributed by atoms with Crippen LogP contribution in [0.4, 0.5) is 0 Å². The zero-order valence-corrected chi connectivity index (χ0v) is 12.8. The van der Waals surface area contributed by atoms with E-state index in [9.17, 15) is 4.79 Å². The number of amides is 1. The minimum absolute atomic E-state index is 0.0157. The number of hydrogen-bond donors (Lipinski definition) is 3. The van der Waals surface area contributed by atoms with E-state index in [1.165, 1.54) is 10.9 Å². The molecule has 1 aromatic heterocycles. The van der Waals surface area contributed by atoms with Gasteiger partial charge < -0.3 is 16.0 Å². The number of aromatic nitrogens is 1. The van der Waals surface area contributed by atoms with E-state index in [4.69, 9.17) is 5.73 Å². The van der Waals surface area contributed by atoms with E-state index in [0.29, 0.717) is 0 Å². The predicted octanol–water partition coefficient (Wildman–Crippen LogP) is 2.37. The molecular weight excluding hydrogens is 262 g/mol. The van der Waals surface area contributed by atoms with Crippen LogP contribution in [0.25, 0.3) is 10.9 Å². The highest BCUT2D eigenvalue weighted by Gasteiger charge is 2.23. The van der Waals surface area contributed by atoms with Crippen molar-refractivity contribution in [3.05, 3.63) is 48.2 Å². The minimum atomic E-state index is -0.549. The Labute approximate surface area is 125 Å². The molecule has 0 aliphatic carbocycles. The van der Waals surface area contributed by atoms with Crippen molar-refractivity contribution in [3.8, 4) is 0 Å². The molecule has 0 fully saturated rings. The van der Waals surface area contributed by atoms with E-state index < -0.39 is 5.41 Å². The quantitative estimate of drug-likeness (QED) is 0.738. The Morgan fingerprint density at radius 3 is 2.86 bits per heavy atom. The summed E-state index contributed by atoms with van der Waals surface area (Å²) in [4.78, 5) is 15.0. The van der Waals surface area contributed by atoms with Crippen molar-refractivity contribution < 1.29 is 4.79 Å². The molecule has 4 nitrogen and oxygen atoms in total. The van der Waals surface area contributed by atoms with Crippen LogP contribution < -0.4 is 11.1 Å². The fraction of sp³-hybridized carbons (Fsp3) is 0.353. The number of rotatable bonds is 5. The average molecular weight is 285 g/mol. The average Bonchev–Trinajstić information content (AvgIpc) is 2.88. The maximum absolute atomic E-state index is 11.7. The van der Waals surface area contributed by atoms with Gasteiger partial charge in [-0.15, -0.1) is 0 Å². The zero-order valence-electron chi connectivity index (χ0n) is 12.8. The van der Waals surface area contributed by atoms with Gasteiger partial charge in [0.15, 0.2) is 0 Å². The lowest BCUT2D eigenvalue weighted by atomic mass is 9.90. The second-order valence-electron chi connectivity index (χ2n) is 5.89. The Hall–Kier alpha value is -2.07. The molecule has 0 saturated carbocycles. The number of aromatic amines is 1. The Balaban J connectivity index is 2.08. The smallest absolute Gasteiger partial charge is 0.229 e. The molecule has 0 saturated heterocycles. The first-order valence-electron chi connectivity index (χ1n) is 7.16. The first-order valence-corrected chi connectivity index (χ1v) is 7.16. The van der Waals surface area contributed by atoms with Gasteiger partial charge in [-0.1, -0.05) is 30.4 Å².